The molecule has 1 aromatic heterocycles. The third-order valence-electron chi connectivity index (χ3n) is 6.50. The first-order valence-electron chi connectivity index (χ1n) is 12.0. The van der Waals surface area contributed by atoms with E-state index in [2.05, 4.69) is 11.4 Å². The van der Waals surface area contributed by atoms with Gasteiger partial charge in [-0.05, 0) is 56.2 Å². The van der Waals surface area contributed by atoms with Gasteiger partial charge in [0.05, 0.1) is 0 Å². The van der Waals surface area contributed by atoms with E-state index in [-0.39, 0.29) is 17.6 Å². The van der Waals surface area contributed by atoms with Gasteiger partial charge in [-0.1, -0.05) is 30.3 Å². The molecule has 1 saturated heterocycles. The average Bonchev–Trinajstić information content (AvgIpc) is 3.19. The number of hydrogen-bond acceptors (Lipinski definition) is 5. The lowest BCUT2D eigenvalue weighted by Crippen LogP contribution is -2.53. The highest BCUT2D eigenvalue weighted by Gasteiger charge is 2.41. The van der Waals surface area contributed by atoms with Gasteiger partial charge in [-0.3, -0.25) is 9.36 Å². The minimum Gasteiger partial charge on any atom is -0.489 e. The van der Waals surface area contributed by atoms with Crippen LogP contribution in [0.1, 0.15) is 37.8 Å². The molecule has 1 atom stereocenters. The molecule has 7 nitrogen and oxygen atoms in total. The molecular formula is C28H31N3O4. The largest absolute Gasteiger partial charge is 0.489 e. The number of pyridine rings is 1. The van der Waals surface area contributed by atoms with Gasteiger partial charge < -0.3 is 19.7 Å². The van der Waals surface area contributed by atoms with Gasteiger partial charge in [0.15, 0.2) is 0 Å². The Morgan fingerprint density at radius 1 is 1.06 bits per heavy atom. The van der Waals surface area contributed by atoms with Crippen LogP contribution in [-0.2, 0) is 11.3 Å². The molecule has 3 aromatic rings. The Labute approximate surface area is 205 Å². The van der Waals surface area contributed by atoms with Crippen LogP contribution >= 0.6 is 0 Å². The summed E-state index contributed by atoms with van der Waals surface area (Å²) in [7, 11) is 0. The number of hydrogen-bond donors (Lipinski definition) is 1. The van der Waals surface area contributed by atoms with Crippen LogP contribution in [0, 0.1) is 5.92 Å². The second-order valence-electron chi connectivity index (χ2n) is 10.2. The van der Waals surface area contributed by atoms with E-state index in [0.717, 1.165) is 23.5 Å². The van der Waals surface area contributed by atoms with Crippen LogP contribution in [0.25, 0.3) is 5.69 Å². The second-order valence-corrected chi connectivity index (χ2v) is 10.2. The summed E-state index contributed by atoms with van der Waals surface area (Å²) in [6, 6.07) is 19.3. The standard InChI is InChI=1S/C28H31N3O4/c1-28(2,3)35-27(33)30-16-20(17-30)24-15-29-25-10-9-21(13-23(24)25)31-12-11-22(14-26(31)32)34-18-19-7-5-4-6-8-19/h4-14,20,24,29H,15-18H2,1-3H3. The maximum absolute atomic E-state index is 12.9. The van der Waals surface area contributed by atoms with Crippen LogP contribution in [0.5, 0.6) is 5.75 Å². The van der Waals surface area contributed by atoms with Crippen molar-refractivity contribution in [2.75, 3.05) is 25.0 Å². The van der Waals surface area contributed by atoms with Crippen molar-refractivity contribution in [2.45, 2.75) is 38.9 Å². The van der Waals surface area contributed by atoms with E-state index >= 15 is 0 Å². The van der Waals surface area contributed by atoms with Crippen molar-refractivity contribution >= 4 is 11.8 Å². The van der Waals surface area contributed by atoms with Crippen LogP contribution in [0.3, 0.4) is 0 Å². The summed E-state index contributed by atoms with van der Waals surface area (Å²) in [4.78, 5) is 27.0. The predicted octanol–water partition coefficient (Wildman–Crippen LogP) is 4.79. The first kappa shape index (κ1) is 23.0. The van der Waals surface area contributed by atoms with E-state index < -0.39 is 5.60 Å². The Hall–Kier alpha value is -3.74. The summed E-state index contributed by atoms with van der Waals surface area (Å²) >= 11 is 0. The second kappa shape index (κ2) is 9.13. The van der Waals surface area contributed by atoms with Gasteiger partial charge in [-0.25, -0.2) is 4.79 Å². The van der Waals surface area contributed by atoms with Gasteiger partial charge in [0.1, 0.15) is 18.0 Å². The summed E-state index contributed by atoms with van der Waals surface area (Å²) in [5, 5.41) is 3.47. The molecule has 0 bridgehead atoms. The normalized spacial score (nSPS) is 17.3. The molecule has 0 saturated carbocycles. The third-order valence-corrected chi connectivity index (χ3v) is 6.50. The van der Waals surface area contributed by atoms with E-state index in [1.54, 1.807) is 15.7 Å². The molecular weight excluding hydrogens is 442 g/mol. The smallest absolute Gasteiger partial charge is 0.410 e. The van der Waals surface area contributed by atoms with Crippen molar-refractivity contribution in [2.24, 2.45) is 5.92 Å². The Bertz CT molecular complexity index is 1270. The van der Waals surface area contributed by atoms with Crippen molar-refractivity contribution in [1.29, 1.82) is 0 Å². The molecule has 3 heterocycles. The summed E-state index contributed by atoms with van der Waals surface area (Å²) in [6.45, 7) is 8.24. The van der Waals surface area contributed by atoms with Crippen molar-refractivity contribution in [3.8, 4) is 11.4 Å². The number of carbonyl (C=O) groups excluding carboxylic acids is 1. The van der Waals surface area contributed by atoms with E-state index in [1.165, 1.54) is 11.6 Å². The van der Waals surface area contributed by atoms with E-state index in [1.807, 2.05) is 69.3 Å². The lowest BCUT2D eigenvalue weighted by Gasteiger charge is -2.42. The number of nitrogens with one attached hydrogen (secondary N) is 1. The fourth-order valence-electron chi connectivity index (χ4n) is 4.67. The number of carbonyl (C=O) groups is 1. The number of fused-ring (bicyclic) bond motifs is 1. The Balaban J connectivity index is 1.27. The SMILES string of the molecule is CC(C)(C)OC(=O)N1CC(C2CNc3ccc(-n4ccc(OCc5ccccc5)cc4=O)cc32)C1. The van der Waals surface area contributed by atoms with Crippen molar-refractivity contribution < 1.29 is 14.3 Å². The summed E-state index contributed by atoms with van der Waals surface area (Å²) < 4.78 is 12.9. The first-order valence-corrected chi connectivity index (χ1v) is 12.0. The average molecular weight is 474 g/mol. The lowest BCUT2D eigenvalue weighted by atomic mass is 9.82. The van der Waals surface area contributed by atoms with Gasteiger partial charge in [0, 0.05) is 55.1 Å². The predicted molar refractivity (Wildman–Crippen MR) is 135 cm³/mol. The maximum Gasteiger partial charge on any atom is 0.410 e. The number of aromatic nitrogens is 1. The molecule has 0 radical (unpaired) electrons. The monoisotopic (exact) mass is 473 g/mol. The summed E-state index contributed by atoms with van der Waals surface area (Å²) in [5.74, 6) is 1.19. The maximum atomic E-state index is 12.9. The zero-order valence-electron chi connectivity index (χ0n) is 20.4. The molecule has 2 aliphatic heterocycles. The van der Waals surface area contributed by atoms with Gasteiger partial charge >= 0.3 is 6.09 Å². The highest BCUT2D eigenvalue weighted by molar-refractivity contribution is 5.69. The fourth-order valence-corrected chi connectivity index (χ4v) is 4.67. The Morgan fingerprint density at radius 3 is 2.54 bits per heavy atom. The van der Waals surface area contributed by atoms with Gasteiger partial charge in [0.25, 0.3) is 5.56 Å². The fraction of sp³-hybridized carbons (Fsp3) is 0.357. The highest BCUT2D eigenvalue weighted by atomic mass is 16.6. The zero-order valence-corrected chi connectivity index (χ0v) is 20.4. The van der Waals surface area contributed by atoms with Crippen LogP contribution in [0.15, 0.2) is 71.7 Å². The Kier molecular flexibility index (Phi) is 6.01. The minimum atomic E-state index is -0.492. The molecule has 1 unspecified atom stereocenters. The highest BCUT2D eigenvalue weighted by Crippen LogP contribution is 2.41. The molecule has 35 heavy (non-hydrogen) atoms. The number of rotatable bonds is 5. The summed E-state index contributed by atoms with van der Waals surface area (Å²) in [6.07, 6.45) is 1.50. The zero-order chi connectivity index (χ0) is 24.6. The van der Waals surface area contributed by atoms with Crippen LogP contribution in [0.4, 0.5) is 10.5 Å². The van der Waals surface area contributed by atoms with Gasteiger partial charge in [-0.2, -0.15) is 0 Å². The minimum absolute atomic E-state index is 0.141. The molecule has 0 aliphatic carbocycles. The number of amides is 1. The van der Waals surface area contributed by atoms with Gasteiger partial charge in [0.2, 0.25) is 0 Å². The van der Waals surface area contributed by atoms with Crippen molar-refractivity contribution in [3.05, 3.63) is 88.3 Å². The molecule has 5 rings (SSSR count). The quantitative estimate of drug-likeness (QED) is 0.577. The van der Waals surface area contributed by atoms with E-state index in [4.69, 9.17) is 9.47 Å². The third kappa shape index (κ3) is 5.04. The number of anilines is 1. The number of ether oxygens (including phenoxy) is 2. The first-order chi connectivity index (χ1) is 16.8. The number of nitrogens with zero attached hydrogens (tertiary/aromatic N) is 2. The molecule has 1 amide bonds. The van der Waals surface area contributed by atoms with Crippen molar-refractivity contribution in [3.63, 3.8) is 0 Å². The van der Waals surface area contributed by atoms with E-state index in [0.29, 0.717) is 31.4 Å². The van der Waals surface area contributed by atoms with Crippen molar-refractivity contribution in [1.82, 2.24) is 9.47 Å². The lowest BCUT2D eigenvalue weighted by molar-refractivity contribution is -0.00415. The Morgan fingerprint density at radius 2 is 1.83 bits per heavy atom. The molecule has 1 fully saturated rings. The molecule has 0 spiro atoms. The van der Waals surface area contributed by atoms with Gasteiger partial charge in [-0.15, -0.1) is 0 Å². The van der Waals surface area contributed by atoms with Crippen LogP contribution in [0.2, 0.25) is 0 Å². The number of benzene rings is 2. The molecule has 2 aromatic carbocycles. The topological polar surface area (TPSA) is 72.8 Å². The van der Waals surface area contributed by atoms with Crippen LogP contribution < -0.4 is 15.6 Å². The number of likely N-dealkylation sites (tertiary alicyclic amines) is 1. The summed E-state index contributed by atoms with van der Waals surface area (Å²) in [5.41, 5.74) is 3.51. The molecule has 1 N–H and O–H groups in total. The molecule has 2 aliphatic rings. The van der Waals surface area contributed by atoms with E-state index in [9.17, 15) is 9.59 Å². The van der Waals surface area contributed by atoms with Crippen LogP contribution in [-0.4, -0.2) is 40.8 Å². The molecule has 7 heteroatoms. The molecule has 182 valence electrons.